The summed E-state index contributed by atoms with van der Waals surface area (Å²) in [6.45, 7) is 9.15. The summed E-state index contributed by atoms with van der Waals surface area (Å²) in [6, 6.07) is 0. The van der Waals surface area contributed by atoms with Crippen LogP contribution in [-0.4, -0.2) is 0 Å². The van der Waals surface area contributed by atoms with Crippen LogP contribution in [0.5, 0.6) is 0 Å². The highest BCUT2D eigenvalue weighted by atomic mass is 14.6. The molecule has 110 valence electrons. The van der Waals surface area contributed by atoms with Gasteiger partial charge in [0.1, 0.15) is 0 Å². The van der Waals surface area contributed by atoms with Crippen LogP contribution in [0.15, 0.2) is 34.1 Å². The van der Waals surface area contributed by atoms with Gasteiger partial charge < -0.3 is 0 Å². The molecule has 0 saturated heterocycles. The predicted molar refractivity (Wildman–Crippen MR) is 85.7 cm³/mol. The first-order valence-electron chi connectivity index (χ1n) is 8.66. The first-order chi connectivity index (χ1) is 9.89. The van der Waals surface area contributed by atoms with Crippen molar-refractivity contribution in [3.63, 3.8) is 0 Å². The molecule has 0 N–H and O–H groups in total. The summed E-state index contributed by atoms with van der Waals surface area (Å²) in [5.41, 5.74) is 16.7. The van der Waals surface area contributed by atoms with Gasteiger partial charge in [-0.2, -0.15) is 0 Å². The van der Waals surface area contributed by atoms with E-state index < -0.39 is 0 Å². The standard InChI is InChI=1S/C21H26/c1-20(2)19(21(20,3)4)8-6-5-7-18-16-10-14-9-15(12-16)13-17(18)11-14/h14-17H,9-13H2,1-4H3. The molecule has 0 unspecified atom stereocenters. The maximum Gasteiger partial charge on any atom is 0.00384 e. The maximum atomic E-state index is 3.48. The zero-order valence-corrected chi connectivity index (χ0v) is 13.8. The molecule has 5 aliphatic rings. The van der Waals surface area contributed by atoms with Crippen LogP contribution in [0.25, 0.3) is 0 Å². The smallest absolute Gasteiger partial charge is 0.00384 e. The van der Waals surface area contributed by atoms with Gasteiger partial charge in [0.25, 0.3) is 0 Å². The van der Waals surface area contributed by atoms with E-state index in [1.165, 1.54) is 37.7 Å². The molecule has 0 aromatic rings. The van der Waals surface area contributed by atoms with Gasteiger partial charge in [-0.3, -0.25) is 0 Å². The lowest BCUT2D eigenvalue weighted by Crippen LogP contribution is -2.39. The van der Waals surface area contributed by atoms with Crippen molar-refractivity contribution in [1.82, 2.24) is 0 Å². The fourth-order valence-corrected chi connectivity index (χ4v) is 5.44. The molecule has 0 aliphatic heterocycles. The Labute approximate surface area is 129 Å². The van der Waals surface area contributed by atoms with E-state index in [1.807, 2.05) is 0 Å². The molecule has 5 saturated carbocycles. The molecule has 0 heterocycles. The second-order valence-corrected chi connectivity index (χ2v) is 8.88. The normalized spacial score (nSPS) is 40.2. The highest BCUT2D eigenvalue weighted by Gasteiger charge is 2.60. The van der Waals surface area contributed by atoms with Gasteiger partial charge in [0.2, 0.25) is 0 Å². The van der Waals surface area contributed by atoms with Crippen molar-refractivity contribution in [2.24, 2.45) is 34.5 Å². The second kappa shape index (κ2) is 4.20. The summed E-state index contributed by atoms with van der Waals surface area (Å²) in [4.78, 5) is 0. The third-order valence-electron chi connectivity index (χ3n) is 7.22. The molecule has 0 radical (unpaired) electrons. The van der Waals surface area contributed by atoms with Crippen molar-refractivity contribution in [3.8, 4) is 0 Å². The van der Waals surface area contributed by atoms with Crippen LogP contribution >= 0.6 is 0 Å². The van der Waals surface area contributed by atoms with Crippen LogP contribution < -0.4 is 0 Å². The van der Waals surface area contributed by atoms with Crippen molar-refractivity contribution in [1.29, 1.82) is 0 Å². The van der Waals surface area contributed by atoms with Crippen LogP contribution in [0.4, 0.5) is 0 Å². The molecule has 0 nitrogen and oxygen atoms in total. The van der Waals surface area contributed by atoms with Crippen molar-refractivity contribution >= 4 is 0 Å². The molecule has 0 atom stereocenters. The van der Waals surface area contributed by atoms with E-state index in [1.54, 1.807) is 5.57 Å². The predicted octanol–water partition coefficient (Wildman–Crippen LogP) is 5.43. The summed E-state index contributed by atoms with van der Waals surface area (Å²) < 4.78 is 0. The van der Waals surface area contributed by atoms with Crippen LogP contribution in [0.1, 0.15) is 59.8 Å². The average molecular weight is 278 g/mol. The largest absolute Gasteiger partial charge is 0.0611 e. The topological polar surface area (TPSA) is 0 Å². The van der Waals surface area contributed by atoms with E-state index in [0.717, 1.165) is 23.7 Å². The van der Waals surface area contributed by atoms with Gasteiger partial charge in [-0.15, -0.1) is 0 Å². The summed E-state index contributed by atoms with van der Waals surface area (Å²) in [5, 5.41) is 0. The van der Waals surface area contributed by atoms with E-state index >= 15 is 0 Å². The van der Waals surface area contributed by atoms with E-state index in [2.05, 4.69) is 50.6 Å². The van der Waals surface area contributed by atoms with E-state index in [9.17, 15) is 0 Å². The molecule has 5 aliphatic carbocycles. The zero-order chi connectivity index (χ0) is 14.8. The molecule has 5 fully saturated rings. The van der Waals surface area contributed by atoms with Crippen molar-refractivity contribution in [3.05, 3.63) is 34.1 Å². The summed E-state index contributed by atoms with van der Waals surface area (Å²) in [7, 11) is 0. The van der Waals surface area contributed by atoms with Gasteiger partial charge in [0.15, 0.2) is 0 Å². The number of rotatable bonds is 0. The summed E-state index contributed by atoms with van der Waals surface area (Å²) >= 11 is 0. The molecule has 4 bridgehead atoms. The lowest BCUT2D eigenvalue weighted by Gasteiger charge is -2.50. The summed E-state index contributed by atoms with van der Waals surface area (Å²) in [5.74, 6) is 3.68. The molecule has 0 aromatic heterocycles. The maximum absolute atomic E-state index is 3.48. The minimum atomic E-state index is 0.275. The number of hydrogen-bond acceptors (Lipinski definition) is 0. The summed E-state index contributed by atoms with van der Waals surface area (Å²) in [6.07, 6.45) is 7.18. The van der Waals surface area contributed by atoms with E-state index in [0.29, 0.717) is 0 Å². The molecule has 21 heavy (non-hydrogen) atoms. The Morgan fingerprint density at radius 3 is 1.67 bits per heavy atom. The van der Waals surface area contributed by atoms with Crippen molar-refractivity contribution in [2.45, 2.75) is 59.8 Å². The molecule has 5 rings (SSSR count). The Hall–Kier alpha value is -1.14. The van der Waals surface area contributed by atoms with Crippen LogP contribution in [0, 0.1) is 34.5 Å². The van der Waals surface area contributed by atoms with Gasteiger partial charge >= 0.3 is 0 Å². The Bertz CT molecular complexity index is 613. The lowest BCUT2D eigenvalue weighted by atomic mass is 9.54. The lowest BCUT2D eigenvalue weighted by molar-refractivity contribution is 0.0700. The monoisotopic (exact) mass is 278 g/mol. The molecular formula is C21H26. The molecule has 0 amide bonds. The minimum Gasteiger partial charge on any atom is -0.0611 e. The quantitative estimate of drug-likeness (QED) is 0.519. The molecule has 0 spiro atoms. The third-order valence-corrected chi connectivity index (χ3v) is 7.22. The Morgan fingerprint density at radius 1 is 0.714 bits per heavy atom. The van der Waals surface area contributed by atoms with Gasteiger partial charge in [-0.25, -0.2) is 0 Å². The molecule has 0 aromatic carbocycles. The van der Waals surface area contributed by atoms with Crippen molar-refractivity contribution < 1.29 is 0 Å². The first-order valence-corrected chi connectivity index (χ1v) is 8.66. The second-order valence-electron chi connectivity index (χ2n) is 8.88. The molecule has 0 heteroatoms. The highest BCUT2D eigenvalue weighted by molar-refractivity contribution is 5.40. The molecular weight excluding hydrogens is 252 g/mol. The SMILES string of the molecule is CC1(C)C(=C=C=C=C=C2C3CC4CC(C3)CC2C4)C1(C)C. The van der Waals surface area contributed by atoms with Crippen LogP contribution in [0.2, 0.25) is 0 Å². The highest BCUT2D eigenvalue weighted by Crippen LogP contribution is 2.67. The van der Waals surface area contributed by atoms with Crippen molar-refractivity contribution in [2.75, 3.05) is 0 Å². The average Bonchev–Trinajstić information content (AvgIpc) is 2.78. The number of hydrogen-bond donors (Lipinski definition) is 0. The van der Waals surface area contributed by atoms with E-state index in [4.69, 9.17) is 0 Å². The van der Waals surface area contributed by atoms with Gasteiger partial charge in [-0.05, 0) is 78.4 Å². The number of allylic oxidation sites excluding steroid dienone is 2. The fraction of sp³-hybridized carbons (Fsp3) is 0.714. The Morgan fingerprint density at radius 2 is 1.19 bits per heavy atom. The third kappa shape index (κ3) is 1.92. The van der Waals surface area contributed by atoms with Gasteiger partial charge in [0.05, 0.1) is 0 Å². The van der Waals surface area contributed by atoms with Crippen LogP contribution in [0.3, 0.4) is 0 Å². The zero-order valence-electron chi connectivity index (χ0n) is 13.8. The van der Waals surface area contributed by atoms with Gasteiger partial charge in [0, 0.05) is 10.8 Å². The first kappa shape index (κ1) is 13.5. The Balaban J connectivity index is 1.70. The Kier molecular flexibility index (Phi) is 2.70. The fourth-order valence-electron chi connectivity index (χ4n) is 5.44. The van der Waals surface area contributed by atoms with Crippen LogP contribution in [-0.2, 0) is 0 Å². The van der Waals surface area contributed by atoms with Gasteiger partial charge in [-0.1, -0.05) is 39.2 Å². The minimum absolute atomic E-state index is 0.275. The van der Waals surface area contributed by atoms with E-state index in [-0.39, 0.29) is 10.8 Å².